The van der Waals surface area contributed by atoms with Gasteiger partial charge in [-0.05, 0) is 18.2 Å². The molecule has 1 aliphatic rings. The van der Waals surface area contributed by atoms with Crippen molar-refractivity contribution in [1.29, 1.82) is 0 Å². The Hall–Kier alpha value is -1.82. The second-order valence-corrected chi connectivity index (χ2v) is 4.81. The number of anilines is 1. The van der Waals surface area contributed by atoms with E-state index in [9.17, 15) is 4.79 Å². The summed E-state index contributed by atoms with van der Waals surface area (Å²) in [7, 11) is 0. The minimum absolute atomic E-state index is 0.00611. The van der Waals surface area contributed by atoms with Crippen LogP contribution in [0.3, 0.4) is 0 Å². The van der Waals surface area contributed by atoms with Crippen LogP contribution >= 0.6 is 12.6 Å². The largest absolute Gasteiger partial charge is 0.463 e. The maximum Gasteiger partial charge on any atom is 0.232 e. The molecule has 1 aliphatic heterocycles. The summed E-state index contributed by atoms with van der Waals surface area (Å²) in [5.74, 6) is 1.07. The van der Waals surface area contributed by atoms with Crippen LogP contribution in [0.1, 0.15) is 6.42 Å². The van der Waals surface area contributed by atoms with Gasteiger partial charge in [0.15, 0.2) is 5.76 Å². The fourth-order valence-corrected chi connectivity index (χ4v) is 2.24. The number of thiol groups is 1. The summed E-state index contributed by atoms with van der Waals surface area (Å²) < 4.78 is 5.28. The first-order valence-corrected chi connectivity index (χ1v) is 6.11. The van der Waals surface area contributed by atoms with Crippen molar-refractivity contribution >= 4 is 24.5 Å². The van der Waals surface area contributed by atoms with E-state index in [4.69, 9.17) is 4.42 Å². The molecule has 0 aliphatic carbocycles. The standard InChI is InChI=1S/C12H11N3O2S/c16-11-6-8(18)7-15(11)12-13-4-3-9(14-12)10-2-1-5-17-10/h1-5,8,18H,6-7H2. The second kappa shape index (κ2) is 4.45. The molecule has 18 heavy (non-hydrogen) atoms. The predicted molar refractivity (Wildman–Crippen MR) is 69.5 cm³/mol. The molecule has 2 aromatic rings. The second-order valence-electron chi connectivity index (χ2n) is 4.08. The van der Waals surface area contributed by atoms with Crippen LogP contribution in [0.5, 0.6) is 0 Å². The van der Waals surface area contributed by atoms with E-state index in [2.05, 4.69) is 22.6 Å². The average Bonchev–Trinajstić information content (AvgIpc) is 2.99. The van der Waals surface area contributed by atoms with E-state index in [1.807, 2.05) is 6.07 Å². The topological polar surface area (TPSA) is 59.2 Å². The van der Waals surface area contributed by atoms with Crippen molar-refractivity contribution in [3.63, 3.8) is 0 Å². The van der Waals surface area contributed by atoms with E-state index in [-0.39, 0.29) is 11.2 Å². The van der Waals surface area contributed by atoms with Crippen LogP contribution in [0, 0.1) is 0 Å². The smallest absolute Gasteiger partial charge is 0.232 e. The lowest BCUT2D eigenvalue weighted by molar-refractivity contribution is -0.117. The molecule has 3 rings (SSSR count). The van der Waals surface area contributed by atoms with Crippen LogP contribution in [-0.2, 0) is 4.79 Å². The highest BCUT2D eigenvalue weighted by Crippen LogP contribution is 2.23. The normalized spacial score (nSPS) is 19.5. The average molecular weight is 261 g/mol. The molecule has 0 aromatic carbocycles. The molecule has 1 saturated heterocycles. The summed E-state index contributed by atoms with van der Waals surface area (Å²) in [6, 6.07) is 5.36. The summed E-state index contributed by atoms with van der Waals surface area (Å²) in [6.07, 6.45) is 3.64. The molecule has 0 N–H and O–H groups in total. The van der Waals surface area contributed by atoms with Gasteiger partial charge in [-0.15, -0.1) is 0 Å². The van der Waals surface area contributed by atoms with Crippen LogP contribution in [0.15, 0.2) is 35.1 Å². The maximum absolute atomic E-state index is 11.8. The number of rotatable bonds is 2. The first-order chi connectivity index (χ1) is 8.74. The molecule has 6 heteroatoms. The third-order valence-corrected chi connectivity index (χ3v) is 3.11. The number of nitrogens with zero attached hydrogens (tertiary/aromatic N) is 3. The van der Waals surface area contributed by atoms with Crippen LogP contribution in [0.25, 0.3) is 11.5 Å². The lowest BCUT2D eigenvalue weighted by atomic mass is 10.3. The number of carbonyl (C=O) groups excluding carboxylic acids is 1. The molecule has 0 bridgehead atoms. The van der Waals surface area contributed by atoms with Gasteiger partial charge in [0.2, 0.25) is 11.9 Å². The zero-order valence-electron chi connectivity index (χ0n) is 9.48. The number of furan rings is 1. The van der Waals surface area contributed by atoms with Gasteiger partial charge in [0.05, 0.1) is 6.26 Å². The van der Waals surface area contributed by atoms with E-state index in [1.54, 1.807) is 29.5 Å². The summed E-state index contributed by atoms with van der Waals surface area (Å²) in [5.41, 5.74) is 0.667. The Morgan fingerprint density at radius 3 is 3.00 bits per heavy atom. The van der Waals surface area contributed by atoms with Gasteiger partial charge in [0.1, 0.15) is 5.69 Å². The number of amides is 1. The zero-order chi connectivity index (χ0) is 12.5. The van der Waals surface area contributed by atoms with E-state index in [0.29, 0.717) is 30.4 Å². The molecular weight excluding hydrogens is 250 g/mol. The third-order valence-electron chi connectivity index (χ3n) is 2.76. The molecule has 0 saturated carbocycles. The summed E-state index contributed by atoms with van der Waals surface area (Å²) in [5, 5.41) is 0.0494. The molecule has 2 aromatic heterocycles. The van der Waals surface area contributed by atoms with Gasteiger partial charge in [-0.2, -0.15) is 12.6 Å². The molecular formula is C12H11N3O2S. The SMILES string of the molecule is O=C1CC(S)CN1c1nccc(-c2ccco2)n1. The predicted octanol–water partition coefficient (Wildman–Crippen LogP) is 1.77. The molecule has 0 radical (unpaired) electrons. The Kier molecular flexibility index (Phi) is 2.79. The molecule has 0 spiro atoms. The van der Waals surface area contributed by atoms with Gasteiger partial charge < -0.3 is 4.42 Å². The lowest BCUT2D eigenvalue weighted by Crippen LogP contribution is -2.26. The van der Waals surface area contributed by atoms with Gasteiger partial charge >= 0.3 is 0 Å². The minimum atomic E-state index is 0.00611. The zero-order valence-corrected chi connectivity index (χ0v) is 10.4. The van der Waals surface area contributed by atoms with Crippen molar-refractivity contribution in [1.82, 2.24) is 9.97 Å². The highest BCUT2D eigenvalue weighted by molar-refractivity contribution is 7.81. The van der Waals surface area contributed by atoms with Crippen molar-refractivity contribution in [2.75, 3.05) is 11.4 Å². The molecule has 5 nitrogen and oxygen atoms in total. The Morgan fingerprint density at radius 1 is 1.44 bits per heavy atom. The van der Waals surface area contributed by atoms with Gasteiger partial charge in [0, 0.05) is 24.4 Å². The van der Waals surface area contributed by atoms with Gasteiger partial charge in [-0.3, -0.25) is 9.69 Å². The molecule has 1 amide bonds. The molecule has 92 valence electrons. The van der Waals surface area contributed by atoms with Gasteiger partial charge in [-0.1, -0.05) is 0 Å². The molecule has 3 heterocycles. The summed E-state index contributed by atoms with van der Waals surface area (Å²) in [6.45, 7) is 0.545. The summed E-state index contributed by atoms with van der Waals surface area (Å²) in [4.78, 5) is 21.8. The Labute approximate surface area is 109 Å². The quantitative estimate of drug-likeness (QED) is 0.837. The minimum Gasteiger partial charge on any atom is -0.463 e. The first kappa shape index (κ1) is 11.3. The van der Waals surface area contributed by atoms with Crippen LogP contribution in [0.2, 0.25) is 0 Å². The number of aromatic nitrogens is 2. The van der Waals surface area contributed by atoms with E-state index < -0.39 is 0 Å². The highest BCUT2D eigenvalue weighted by Gasteiger charge is 2.30. The third kappa shape index (κ3) is 1.99. The monoisotopic (exact) mass is 261 g/mol. The van der Waals surface area contributed by atoms with Crippen molar-refractivity contribution in [3.05, 3.63) is 30.7 Å². The molecule has 1 unspecified atom stereocenters. The Bertz CT molecular complexity index is 570. The Morgan fingerprint density at radius 2 is 2.33 bits per heavy atom. The number of carbonyl (C=O) groups is 1. The number of hydrogen-bond donors (Lipinski definition) is 1. The van der Waals surface area contributed by atoms with Crippen molar-refractivity contribution in [2.24, 2.45) is 0 Å². The van der Waals surface area contributed by atoms with Crippen molar-refractivity contribution < 1.29 is 9.21 Å². The van der Waals surface area contributed by atoms with Crippen LogP contribution in [-0.4, -0.2) is 27.7 Å². The highest BCUT2D eigenvalue weighted by atomic mass is 32.1. The van der Waals surface area contributed by atoms with E-state index in [0.717, 1.165) is 0 Å². The Balaban J connectivity index is 1.94. The van der Waals surface area contributed by atoms with Gasteiger partial charge in [-0.25, -0.2) is 9.97 Å². The van der Waals surface area contributed by atoms with Crippen molar-refractivity contribution in [2.45, 2.75) is 11.7 Å². The van der Waals surface area contributed by atoms with E-state index in [1.165, 1.54) is 0 Å². The van der Waals surface area contributed by atoms with Crippen molar-refractivity contribution in [3.8, 4) is 11.5 Å². The van der Waals surface area contributed by atoms with Gasteiger partial charge in [0.25, 0.3) is 0 Å². The van der Waals surface area contributed by atoms with E-state index >= 15 is 0 Å². The summed E-state index contributed by atoms with van der Waals surface area (Å²) >= 11 is 4.31. The fraction of sp³-hybridized carbons (Fsp3) is 0.250. The molecule has 1 atom stereocenters. The fourth-order valence-electron chi connectivity index (χ4n) is 1.92. The van der Waals surface area contributed by atoms with Crippen LogP contribution < -0.4 is 4.90 Å². The maximum atomic E-state index is 11.8. The van der Waals surface area contributed by atoms with Crippen LogP contribution in [0.4, 0.5) is 5.95 Å². The number of hydrogen-bond acceptors (Lipinski definition) is 5. The lowest BCUT2D eigenvalue weighted by Gasteiger charge is -2.13. The molecule has 1 fully saturated rings. The first-order valence-electron chi connectivity index (χ1n) is 5.59.